The third kappa shape index (κ3) is 2.50. The van der Waals surface area contributed by atoms with E-state index in [-0.39, 0.29) is 31.3 Å². The zero-order chi connectivity index (χ0) is 13.9. The highest BCUT2D eigenvalue weighted by atomic mass is 16.5. The van der Waals surface area contributed by atoms with Crippen LogP contribution in [0.3, 0.4) is 0 Å². The summed E-state index contributed by atoms with van der Waals surface area (Å²) in [6.45, 7) is 1.54. The van der Waals surface area contributed by atoms with Crippen molar-refractivity contribution in [1.29, 1.82) is 0 Å². The molecule has 2 fully saturated rings. The number of carbonyl (C=O) groups is 2. The lowest BCUT2D eigenvalue weighted by Gasteiger charge is -2.33. The standard InChI is InChI=1S/C11H16N4O4/c12-14-13-3-1-9(16)15-5-8-6-19-4-2-11(8,7-15)10(17)18/h8H,1-7H2,(H,17,18)/t8-,11+/m0/s1. The fourth-order valence-electron chi connectivity index (χ4n) is 2.84. The molecule has 0 aliphatic carbocycles. The first-order valence-corrected chi connectivity index (χ1v) is 6.20. The second-order valence-electron chi connectivity index (χ2n) is 4.96. The maximum atomic E-state index is 11.9. The van der Waals surface area contributed by atoms with Crippen LogP contribution in [0.5, 0.6) is 0 Å². The molecule has 8 heteroatoms. The lowest BCUT2D eigenvalue weighted by Crippen LogP contribution is -2.45. The van der Waals surface area contributed by atoms with E-state index in [1.807, 2.05) is 0 Å². The maximum Gasteiger partial charge on any atom is 0.311 e. The van der Waals surface area contributed by atoms with Gasteiger partial charge in [-0.2, -0.15) is 0 Å². The van der Waals surface area contributed by atoms with Crippen molar-refractivity contribution in [2.24, 2.45) is 16.4 Å². The Morgan fingerprint density at radius 3 is 3.00 bits per heavy atom. The molecule has 0 unspecified atom stereocenters. The summed E-state index contributed by atoms with van der Waals surface area (Å²) in [5, 5.41) is 12.8. The summed E-state index contributed by atoms with van der Waals surface area (Å²) in [5.41, 5.74) is 7.30. The minimum atomic E-state index is -0.869. The van der Waals surface area contributed by atoms with Crippen LogP contribution in [0.25, 0.3) is 10.4 Å². The minimum absolute atomic E-state index is 0.104. The van der Waals surface area contributed by atoms with E-state index in [2.05, 4.69) is 10.0 Å². The van der Waals surface area contributed by atoms with Gasteiger partial charge in [0.25, 0.3) is 0 Å². The summed E-state index contributed by atoms with van der Waals surface area (Å²) in [6.07, 6.45) is 0.556. The van der Waals surface area contributed by atoms with Crippen molar-refractivity contribution in [3.63, 3.8) is 0 Å². The Bertz CT molecular complexity index is 434. The van der Waals surface area contributed by atoms with Crippen LogP contribution in [0.4, 0.5) is 0 Å². The molecule has 104 valence electrons. The van der Waals surface area contributed by atoms with Gasteiger partial charge < -0.3 is 14.7 Å². The second-order valence-corrected chi connectivity index (χ2v) is 4.96. The van der Waals surface area contributed by atoms with Crippen LogP contribution in [-0.2, 0) is 14.3 Å². The number of aliphatic carboxylic acids is 1. The van der Waals surface area contributed by atoms with Gasteiger partial charge in [0.15, 0.2) is 0 Å². The molecule has 0 aromatic carbocycles. The molecule has 0 radical (unpaired) electrons. The molecule has 0 spiro atoms. The van der Waals surface area contributed by atoms with Crippen molar-refractivity contribution < 1.29 is 19.4 Å². The quantitative estimate of drug-likeness (QED) is 0.457. The fourth-order valence-corrected chi connectivity index (χ4v) is 2.84. The number of azide groups is 1. The second kappa shape index (κ2) is 5.46. The van der Waals surface area contributed by atoms with Gasteiger partial charge in [-0.15, -0.1) is 0 Å². The molecule has 8 nitrogen and oxygen atoms in total. The van der Waals surface area contributed by atoms with Gasteiger partial charge in [-0.3, -0.25) is 9.59 Å². The molecule has 1 amide bonds. The molecule has 2 saturated heterocycles. The fraction of sp³-hybridized carbons (Fsp3) is 0.818. The predicted octanol–water partition coefficient (Wildman–Crippen LogP) is 0.637. The van der Waals surface area contributed by atoms with Crippen molar-refractivity contribution in [2.75, 3.05) is 32.8 Å². The average molecular weight is 268 g/mol. The Morgan fingerprint density at radius 1 is 1.58 bits per heavy atom. The summed E-state index contributed by atoms with van der Waals surface area (Å²) < 4.78 is 5.32. The third-order valence-corrected chi connectivity index (χ3v) is 3.97. The van der Waals surface area contributed by atoms with E-state index in [1.54, 1.807) is 4.90 Å². The summed E-state index contributed by atoms with van der Waals surface area (Å²) in [7, 11) is 0. The van der Waals surface area contributed by atoms with Crippen molar-refractivity contribution in [3.8, 4) is 0 Å². The molecule has 1 N–H and O–H groups in total. The monoisotopic (exact) mass is 268 g/mol. The molecule has 19 heavy (non-hydrogen) atoms. The molecule has 2 aliphatic heterocycles. The lowest BCUT2D eigenvalue weighted by atomic mass is 9.74. The minimum Gasteiger partial charge on any atom is -0.481 e. The number of likely N-dealkylation sites (tertiary alicyclic amines) is 1. The Hall–Kier alpha value is -1.79. The van der Waals surface area contributed by atoms with Crippen molar-refractivity contribution in [2.45, 2.75) is 12.8 Å². The van der Waals surface area contributed by atoms with Crippen molar-refractivity contribution in [1.82, 2.24) is 4.90 Å². The van der Waals surface area contributed by atoms with Gasteiger partial charge in [-0.25, -0.2) is 0 Å². The van der Waals surface area contributed by atoms with Gasteiger partial charge in [-0.1, -0.05) is 5.11 Å². The number of rotatable bonds is 4. The number of fused-ring (bicyclic) bond motifs is 1. The Balaban J connectivity index is 2.05. The summed E-state index contributed by atoms with van der Waals surface area (Å²) >= 11 is 0. The average Bonchev–Trinajstić information content (AvgIpc) is 2.79. The van der Waals surface area contributed by atoms with Gasteiger partial charge in [0.2, 0.25) is 5.91 Å². The Morgan fingerprint density at radius 2 is 2.37 bits per heavy atom. The molecular formula is C11H16N4O4. The first kappa shape index (κ1) is 13.6. The maximum absolute atomic E-state index is 11.9. The molecule has 0 saturated carbocycles. The normalized spacial score (nSPS) is 29.5. The first-order chi connectivity index (χ1) is 9.10. The number of carboxylic acid groups (broad SMARTS) is 1. The van der Waals surface area contributed by atoms with Crippen molar-refractivity contribution >= 4 is 11.9 Å². The van der Waals surface area contributed by atoms with E-state index in [4.69, 9.17) is 10.3 Å². The first-order valence-electron chi connectivity index (χ1n) is 6.20. The van der Waals surface area contributed by atoms with E-state index < -0.39 is 11.4 Å². The van der Waals surface area contributed by atoms with Crippen molar-refractivity contribution in [3.05, 3.63) is 10.4 Å². The largest absolute Gasteiger partial charge is 0.481 e. The van der Waals surface area contributed by atoms with Gasteiger partial charge in [0.05, 0.1) is 12.0 Å². The Labute approximate surface area is 110 Å². The number of ether oxygens (including phenoxy) is 1. The van der Waals surface area contributed by atoms with Crippen LogP contribution in [-0.4, -0.2) is 54.7 Å². The summed E-state index contributed by atoms with van der Waals surface area (Å²) in [4.78, 5) is 27.6. The van der Waals surface area contributed by atoms with E-state index in [0.29, 0.717) is 26.2 Å². The number of hydrogen-bond donors (Lipinski definition) is 1. The molecule has 2 heterocycles. The molecule has 0 aromatic heterocycles. The highest BCUT2D eigenvalue weighted by Gasteiger charge is 2.54. The highest BCUT2D eigenvalue weighted by Crippen LogP contribution is 2.42. The number of carboxylic acids is 1. The van der Waals surface area contributed by atoms with E-state index in [1.165, 1.54) is 0 Å². The van der Waals surface area contributed by atoms with Gasteiger partial charge >= 0.3 is 5.97 Å². The SMILES string of the molecule is [N-]=[N+]=NCCC(=O)N1C[C@H]2COCC[C@@]2(C(=O)O)C1. The molecule has 0 aromatic rings. The predicted molar refractivity (Wildman–Crippen MR) is 64.2 cm³/mol. The molecular weight excluding hydrogens is 252 g/mol. The number of amides is 1. The molecule has 2 aliphatic rings. The number of hydrogen-bond acceptors (Lipinski definition) is 4. The zero-order valence-electron chi connectivity index (χ0n) is 10.5. The van der Waals surface area contributed by atoms with Crippen LogP contribution < -0.4 is 0 Å². The number of carbonyl (C=O) groups excluding carboxylic acids is 1. The Kier molecular flexibility index (Phi) is 3.92. The highest BCUT2D eigenvalue weighted by molar-refractivity contribution is 5.81. The molecule has 2 atom stereocenters. The summed E-state index contributed by atoms with van der Waals surface area (Å²) in [5.74, 6) is -1.17. The van der Waals surface area contributed by atoms with Crippen LogP contribution in [0, 0.1) is 11.3 Å². The third-order valence-electron chi connectivity index (χ3n) is 3.97. The van der Waals surface area contributed by atoms with E-state index in [9.17, 15) is 14.7 Å². The zero-order valence-corrected chi connectivity index (χ0v) is 10.5. The smallest absolute Gasteiger partial charge is 0.311 e. The van der Waals surface area contributed by atoms with Crippen LogP contribution >= 0.6 is 0 Å². The summed E-state index contributed by atoms with van der Waals surface area (Å²) in [6, 6.07) is 0. The van der Waals surface area contributed by atoms with E-state index >= 15 is 0 Å². The van der Waals surface area contributed by atoms with Gasteiger partial charge in [0.1, 0.15) is 0 Å². The van der Waals surface area contributed by atoms with Crippen LogP contribution in [0.2, 0.25) is 0 Å². The van der Waals surface area contributed by atoms with Crippen LogP contribution in [0.1, 0.15) is 12.8 Å². The topological polar surface area (TPSA) is 116 Å². The number of nitrogens with zero attached hydrogens (tertiary/aromatic N) is 4. The van der Waals surface area contributed by atoms with Gasteiger partial charge in [-0.05, 0) is 12.0 Å². The van der Waals surface area contributed by atoms with E-state index in [0.717, 1.165) is 0 Å². The molecule has 0 bridgehead atoms. The lowest BCUT2D eigenvalue weighted by molar-refractivity contribution is -0.157. The molecule has 2 rings (SSSR count). The van der Waals surface area contributed by atoms with Crippen LogP contribution in [0.15, 0.2) is 5.11 Å². The van der Waals surface area contributed by atoms with Gasteiger partial charge in [0, 0.05) is 43.5 Å².